The predicted molar refractivity (Wildman–Crippen MR) is 71.4 cm³/mol. The van der Waals surface area contributed by atoms with E-state index >= 15 is 0 Å². The lowest BCUT2D eigenvalue weighted by molar-refractivity contribution is -0.385. The fraction of sp³-hybridized carbons (Fsp3) is 0.417. The second-order valence-corrected chi connectivity index (χ2v) is 4.11. The van der Waals surface area contributed by atoms with Crippen LogP contribution in [0.2, 0.25) is 0 Å². The molecule has 0 unspecified atom stereocenters. The van der Waals surface area contributed by atoms with Crippen LogP contribution in [0.5, 0.6) is 5.75 Å². The number of ether oxygens (including phenoxy) is 1. The van der Waals surface area contributed by atoms with Crippen molar-refractivity contribution in [2.24, 2.45) is 0 Å². The van der Waals surface area contributed by atoms with E-state index < -0.39 is 4.92 Å². The molecule has 0 spiro atoms. The molecule has 0 aromatic heterocycles. The van der Waals surface area contributed by atoms with E-state index in [4.69, 9.17) is 4.74 Å². The van der Waals surface area contributed by atoms with E-state index in [9.17, 15) is 14.9 Å². The summed E-state index contributed by atoms with van der Waals surface area (Å²) in [5, 5.41) is 13.7. The number of amides is 1. The highest BCUT2D eigenvalue weighted by atomic mass is 16.6. The summed E-state index contributed by atoms with van der Waals surface area (Å²) in [6.45, 7) is 0.456. The fourth-order valence-electron chi connectivity index (χ4n) is 1.48. The number of carbonyl (C=O) groups excluding carboxylic acids is 1. The van der Waals surface area contributed by atoms with E-state index in [2.05, 4.69) is 5.32 Å². The fourth-order valence-corrected chi connectivity index (χ4v) is 1.48. The number of methoxy groups -OCH3 is 1. The van der Waals surface area contributed by atoms with Crippen molar-refractivity contribution in [1.82, 2.24) is 4.90 Å². The number of anilines is 1. The third-order valence-corrected chi connectivity index (χ3v) is 2.54. The Balaban J connectivity index is 2.65. The number of hydrogen-bond acceptors (Lipinski definition) is 5. The zero-order chi connectivity index (χ0) is 14.4. The second kappa shape index (κ2) is 6.58. The molecule has 104 valence electrons. The zero-order valence-electron chi connectivity index (χ0n) is 11.2. The Morgan fingerprint density at radius 3 is 2.68 bits per heavy atom. The smallest absolute Gasteiger partial charge is 0.311 e. The van der Waals surface area contributed by atoms with E-state index in [-0.39, 0.29) is 17.3 Å². The maximum absolute atomic E-state index is 11.4. The van der Waals surface area contributed by atoms with Gasteiger partial charge in [0.05, 0.1) is 12.0 Å². The molecular weight excluding hydrogens is 250 g/mol. The Hall–Kier alpha value is -2.31. The average molecular weight is 267 g/mol. The normalized spacial score (nSPS) is 9.84. The van der Waals surface area contributed by atoms with Gasteiger partial charge in [0.15, 0.2) is 5.75 Å². The number of rotatable bonds is 6. The molecule has 0 bridgehead atoms. The molecule has 1 N–H and O–H groups in total. The summed E-state index contributed by atoms with van der Waals surface area (Å²) in [4.78, 5) is 23.1. The van der Waals surface area contributed by atoms with Crippen molar-refractivity contribution >= 4 is 17.3 Å². The van der Waals surface area contributed by atoms with Crippen LogP contribution in [0, 0.1) is 10.1 Å². The lowest BCUT2D eigenvalue weighted by Gasteiger charge is -2.11. The molecule has 0 aliphatic heterocycles. The molecule has 1 rings (SSSR count). The summed E-state index contributed by atoms with van der Waals surface area (Å²) in [7, 11) is 4.76. The van der Waals surface area contributed by atoms with Crippen LogP contribution in [0.15, 0.2) is 18.2 Å². The summed E-state index contributed by atoms with van der Waals surface area (Å²) in [6.07, 6.45) is 0.353. The highest BCUT2D eigenvalue weighted by Gasteiger charge is 2.14. The summed E-state index contributed by atoms with van der Waals surface area (Å²) < 4.78 is 4.96. The number of nitrogens with zero attached hydrogens (tertiary/aromatic N) is 2. The van der Waals surface area contributed by atoms with Gasteiger partial charge in [-0.05, 0) is 6.07 Å². The number of carbonyl (C=O) groups is 1. The van der Waals surface area contributed by atoms with Gasteiger partial charge in [0, 0.05) is 44.9 Å². The van der Waals surface area contributed by atoms with Gasteiger partial charge in [-0.25, -0.2) is 0 Å². The predicted octanol–water partition coefficient (Wildman–Crippen LogP) is 1.49. The molecule has 0 saturated heterocycles. The van der Waals surface area contributed by atoms with Crippen molar-refractivity contribution < 1.29 is 14.5 Å². The monoisotopic (exact) mass is 267 g/mol. The van der Waals surface area contributed by atoms with Crippen LogP contribution >= 0.6 is 0 Å². The SMILES string of the molecule is COc1cc(NCCC(=O)N(C)C)ccc1[N+](=O)[O-]. The topological polar surface area (TPSA) is 84.7 Å². The Morgan fingerprint density at radius 1 is 1.47 bits per heavy atom. The summed E-state index contributed by atoms with van der Waals surface area (Å²) in [5.74, 6) is 0.204. The van der Waals surface area contributed by atoms with Gasteiger partial charge in [-0.2, -0.15) is 0 Å². The van der Waals surface area contributed by atoms with Crippen LogP contribution in [0.25, 0.3) is 0 Å². The first-order valence-electron chi connectivity index (χ1n) is 5.72. The summed E-state index contributed by atoms with van der Waals surface area (Å²) in [6, 6.07) is 4.49. The molecule has 0 saturated carbocycles. The summed E-state index contributed by atoms with van der Waals surface area (Å²) >= 11 is 0. The van der Waals surface area contributed by atoms with Gasteiger partial charge in [0.2, 0.25) is 5.91 Å². The van der Waals surface area contributed by atoms with Crippen LogP contribution in [-0.2, 0) is 4.79 Å². The second-order valence-electron chi connectivity index (χ2n) is 4.11. The van der Waals surface area contributed by atoms with E-state index in [0.29, 0.717) is 18.7 Å². The average Bonchev–Trinajstić information content (AvgIpc) is 2.37. The Kier molecular flexibility index (Phi) is 5.11. The van der Waals surface area contributed by atoms with E-state index in [1.54, 1.807) is 20.2 Å². The Morgan fingerprint density at radius 2 is 2.16 bits per heavy atom. The maximum Gasteiger partial charge on any atom is 0.311 e. The first-order chi connectivity index (χ1) is 8.95. The van der Waals surface area contributed by atoms with Gasteiger partial charge in [0.25, 0.3) is 0 Å². The van der Waals surface area contributed by atoms with Gasteiger partial charge < -0.3 is 15.0 Å². The highest BCUT2D eigenvalue weighted by Crippen LogP contribution is 2.29. The van der Waals surface area contributed by atoms with E-state index in [1.807, 2.05) is 0 Å². The van der Waals surface area contributed by atoms with E-state index in [1.165, 1.54) is 24.1 Å². The molecule has 0 aliphatic rings. The molecule has 7 heteroatoms. The van der Waals surface area contributed by atoms with Crippen LogP contribution in [0.1, 0.15) is 6.42 Å². The van der Waals surface area contributed by atoms with E-state index in [0.717, 1.165) is 0 Å². The van der Waals surface area contributed by atoms with Crippen LogP contribution in [0.4, 0.5) is 11.4 Å². The first-order valence-corrected chi connectivity index (χ1v) is 5.72. The van der Waals surface area contributed by atoms with Crippen LogP contribution in [-0.4, -0.2) is 43.5 Å². The molecule has 1 aromatic carbocycles. The minimum atomic E-state index is -0.502. The molecule has 0 fully saturated rings. The molecule has 19 heavy (non-hydrogen) atoms. The lowest BCUT2D eigenvalue weighted by Crippen LogP contribution is -2.23. The molecule has 0 heterocycles. The Labute approximate surface area is 111 Å². The van der Waals surface area contributed by atoms with Crippen molar-refractivity contribution in [3.63, 3.8) is 0 Å². The quantitative estimate of drug-likeness (QED) is 0.623. The molecule has 1 amide bonds. The summed E-state index contributed by atoms with van der Waals surface area (Å²) in [5.41, 5.74) is 0.589. The number of hydrogen-bond donors (Lipinski definition) is 1. The zero-order valence-corrected chi connectivity index (χ0v) is 11.2. The van der Waals surface area contributed by atoms with Gasteiger partial charge >= 0.3 is 5.69 Å². The molecule has 0 aliphatic carbocycles. The lowest BCUT2D eigenvalue weighted by atomic mass is 10.2. The number of nitro benzene ring substituents is 1. The molecule has 7 nitrogen and oxygen atoms in total. The van der Waals surface area contributed by atoms with Crippen molar-refractivity contribution in [1.29, 1.82) is 0 Å². The first kappa shape index (κ1) is 14.7. The van der Waals surface area contributed by atoms with Gasteiger partial charge in [-0.1, -0.05) is 0 Å². The molecule has 0 radical (unpaired) electrons. The largest absolute Gasteiger partial charge is 0.490 e. The third kappa shape index (κ3) is 4.13. The van der Waals surface area contributed by atoms with Crippen molar-refractivity contribution in [2.75, 3.05) is 33.1 Å². The Bertz CT molecular complexity index is 474. The minimum absolute atomic E-state index is 0.0152. The molecular formula is C12H17N3O4. The third-order valence-electron chi connectivity index (χ3n) is 2.54. The van der Waals surface area contributed by atoms with Crippen molar-refractivity contribution in [3.8, 4) is 5.75 Å². The van der Waals surface area contributed by atoms with Gasteiger partial charge in [0.1, 0.15) is 0 Å². The maximum atomic E-state index is 11.4. The molecule has 1 aromatic rings. The minimum Gasteiger partial charge on any atom is -0.490 e. The van der Waals surface area contributed by atoms with Crippen molar-refractivity contribution in [3.05, 3.63) is 28.3 Å². The standard InChI is InChI=1S/C12H17N3O4/c1-14(2)12(16)6-7-13-9-4-5-10(15(17)18)11(8-9)19-3/h4-5,8,13H,6-7H2,1-3H3. The number of benzene rings is 1. The number of nitrogens with one attached hydrogen (secondary N) is 1. The van der Waals surface area contributed by atoms with Gasteiger partial charge in [-0.3, -0.25) is 14.9 Å². The van der Waals surface area contributed by atoms with Gasteiger partial charge in [-0.15, -0.1) is 0 Å². The van der Waals surface area contributed by atoms with Crippen LogP contribution < -0.4 is 10.1 Å². The van der Waals surface area contributed by atoms with Crippen LogP contribution in [0.3, 0.4) is 0 Å². The number of nitro groups is 1. The molecule has 0 atom stereocenters. The van der Waals surface area contributed by atoms with Crippen molar-refractivity contribution in [2.45, 2.75) is 6.42 Å². The highest BCUT2D eigenvalue weighted by molar-refractivity contribution is 5.76.